The van der Waals surface area contributed by atoms with Crippen LogP contribution in [-0.4, -0.2) is 19.8 Å². The molecule has 0 radical (unpaired) electrons. The Bertz CT molecular complexity index is 846. The number of nitrogens with zero attached hydrogens (tertiary/aromatic N) is 4. The number of benzene rings is 1. The quantitative estimate of drug-likeness (QED) is 0.629. The minimum absolute atomic E-state index is 0.0886. The van der Waals surface area contributed by atoms with Crippen LogP contribution in [0.3, 0.4) is 0 Å². The van der Waals surface area contributed by atoms with Crippen molar-refractivity contribution in [2.45, 2.75) is 36.4 Å². The second-order valence-electron chi connectivity index (χ2n) is 5.97. The molecular weight excluding hydrogens is 385 g/mol. The zero-order valence-electron chi connectivity index (χ0n) is 13.4. The lowest BCUT2D eigenvalue weighted by molar-refractivity contribution is -0.432. The summed E-state index contributed by atoms with van der Waals surface area (Å²) in [6.45, 7) is 4.35. The zero-order chi connectivity index (χ0) is 17.3. The van der Waals surface area contributed by atoms with Crippen molar-refractivity contribution in [3.63, 3.8) is 0 Å². The molecule has 0 bridgehead atoms. The van der Waals surface area contributed by atoms with Gasteiger partial charge in [0.15, 0.2) is 4.34 Å². The van der Waals surface area contributed by atoms with Gasteiger partial charge in [0.1, 0.15) is 6.04 Å². The smallest absolute Gasteiger partial charge is 0.235 e. The largest absolute Gasteiger partial charge is 0.349 e. The normalized spacial score (nSPS) is 13.1. The van der Waals surface area contributed by atoms with Crippen LogP contribution in [0.5, 0.6) is 0 Å². The third-order valence-corrected chi connectivity index (χ3v) is 6.15. The van der Waals surface area contributed by atoms with E-state index in [1.54, 1.807) is 17.8 Å². The molecule has 3 rings (SSSR count). The van der Waals surface area contributed by atoms with E-state index < -0.39 is 0 Å². The zero-order valence-corrected chi connectivity index (χ0v) is 16.5. The first kappa shape index (κ1) is 17.9. The lowest BCUT2D eigenvalue weighted by Gasteiger charge is -2.07. The van der Waals surface area contributed by atoms with Gasteiger partial charge >= 0.3 is 0 Å². The molecule has 3 N–H and O–H groups in total. The van der Waals surface area contributed by atoms with Crippen LogP contribution in [0.2, 0.25) is 10.0 Å². The van der Waals surface area contributed by atoms with Crippen molar-refractivity contribution in [3.8, 4) is 0 Å². The highest BCUT2D eigenvalue weighted by molar-refractivity contribution is 8.00. The van der Waals surface area contributed by atoms with Crippen LogP contribution in [0, 0.1) is 5.92 Å². The monoisotopic (exact) mass is 402 g/mol. The van der Waals surface area contributed by atoms with Crippen molar-refractivity contribution in [1.82, 2.24) is 19.8 Å². The highest BCUT2D eigenvalue weighted by Gasteiger charge is 2.21. The minimum atomic E-state index is 0.0886. The molecule has 0 spiro atoms. The Morgan fingerprint density at radius 3 is 2.79 bits per heavy atom. The summed E-state index contributed by atoms with van der Waals surface area (Å²) < 4.78 is 2.75. The third kappa shape index (κ3) is 4.03. The third-order valence-electron chi connectivity index (χ3n) is 3.48. The highest BCUT2D eigenvalue weighted by atomic mass is 35.5. The van der Waals surface area contributed by atoms with E-state index in [1.165, 1.54) is 11.3 Å². The van der Waals surface area contributed by atoms with E-state index in [4.69, 9.17) is 23.2 Å². The topological polar surface area (TPSA) is 70.7 Å². The number of thioether (sulfide) groups is 1. The SMILES string of the molecule is CC(C)C[C@H]([NH3+])c1nnc2sc(SCc3ccc(Cl)cc3Cl)nn12. The van der Waals surface area contributed by atoms with Gasteiger partial charge in [0.25, 0.3) is 0 Å². The summed E-state index contributed by atoms with van der Waals surface area (Å²) in [5.41, 5.74) is 5.23. The van der Waals surface area contributed by atoms with Gasteiger partial charge < -0.3 is 5.73 Å². The van der Waals surface area contributed by atoms with Crippen LogP contribution in [0.4, 0.5) is 0 Å². The van der Waals surface area contributed by atoms with Crippen LogP contribution < -0.4 is 5.73 Å². The molecule has 1 atom stereocenters. The maximum atomic E-state index is 6.22. The average molecular weight is 403 g/mol. The first-order valence-corrected chi connectivity index (χ1v) is 10.1. The molecule has 0 aliphatic heterocycles. The Labute approximate surface area is 158 Å². The average Bonchev–Trinajstić information content (AvgIpc) is 3.05. The Morgan fingerprint density at radius 1 is 1.29 bits per heavy atom. The molecule has 0 saturated heterocycles. The molecule has 9 heteroatoms. The number of rotatable bonds is 6. The fourth-order valence-corrected chi connectivity index (χ4v) is 4.82. The number of hydrogen-bond acceptors (Lipinski definition) is 5. The lowest BCUT2D eigenvalue weighted by Crippen LogP contribution is -2.54. The second kappa shape index (κ2) is 7.58. The molecule has 2 aromatic heterocycles. The van der Waals surface area contributed by atoms with Crippen molar-refractivity contribution in [1.29, 1.82) is 0 Å². The van der Waals surface area contributed by atoms with E-state index >= 15 is 0 Å². The van der Waals surface area contributed by atoms with Gasteiger partial charge in [-0.05, 0) is 23.6 Å². The Morgan fingerprint density at radius 2 is 2.08 bits per heavy atom. The van der Waals surface area contributed by atoms with Crippen LogP contribution in [0.25, 0.3) is 4.96 Å². The van der Waals surface area contributed by atoms with Crippen LogP contribution in [-0.2, 0) is 5.75 Å². The fraction of sp³-hybridized carbons (Fsp3) is 0.400. The summed E-state index contributed by atoms with van der Waals surface area (Å²) in [4.78, 5) is 0.798. The summed E-state index contributed by atoms with van der Waals surface area (Å²) in [7, 11) is 0. The van der Waals surface area contributed by atoms with Gasteiger partial charge in [0.2, 0.25) is 10.8 Å². The maximum absolute atomic E-state index is 6.22. The van der Waals surface area contributed by atoms with Crippen molar-refractivity contribution >= 4 is 51.3 Å². The molecule has 1 aromatic carbocycles. The van der Waals surface area contributed by atoms with Gasteiger partial charge in [-0.2, -0.15) is 4.52 Å². The Hall–Kier alpha value is -0.860. The Kier molecular flexibility index (Phi) is 5.66. The number of quaternary nitrogens is 1. The van der Waals surface area contributed by atoms with Gasteiger partial charge in [0.05, 0.1) is 0 Å². The van der Waals surface area contributed by atoms with Crippen LogP contribution in [0.1, 0.15) is 37.7 Å². The summed E-state index contributed by atoms with van der Waals surface area (Å²) in [6.07, 6.45) is 0.960. The predicted octanol–water partition coefficient (Wildman–Crippen LogP) is 4.11. The second-order valence-corrected chi connectivity index (χ2v) is 8.99. The van der Waals surface area contributed by atoms with Crippen molar-refractivity contribution in [2.24, 2.45) is 5.92 Å². The number of fused-ring (bicyclic) bond motifs is 1. The van der Waals surface area contributed by atoms with Gasteiger partial charge in [0, 0.05) is 22.2 Å². The van der Waals surface area contributed by atoms with E-state index in [0.717, 1.165) is 32.9 Å². The minimum Gasteiger partial charge on any atom is -0.349 e. The lowest BCUT2D eigenvalue weighted by atomic mass is 10.0. The van der Waals surface area contributed by atoms with E-state index in [0.29, 0.717) is 16.0 Å². The molecule has 0 aliphatic rings. The van der Waals surface area contributed by atoms with E-state index in [1.807, 2.05) is 16.6 Å². The first-order chi connectivity index (χ1) is 11.4. The summed E-state index contributed by atoms with van der Waals surface area (Å²) in [6, 6.07) is 5.64. The first-order valence-electron chi connectivity index (χ1n) is 7.56. The summed E-state index contributed by atoms with van der Waals surface area (Å²) >= 11 is 15.3. The molecule has 5 nitrogen and oxygen atoms in total. The molecule has 0 saturated carbocycles. The maximum Gasteiger partial charge on any atom is 0.235 e. The molecule has 0 fully saturated rings. The fourth-order valence-electron chi connectivity index (χ4n) is 2.38. The van der Waals surface area contributed by atoms with Gasteiger partial charge in [-0.15, -0.1) is 15.3 Å². The molecular formula is C15H18Cl2N5S2+. The predicted molar refractivity (Wildman–Crippen MR) is 99.8 cm³/mol. The molecule has 0 aliphatic carbocycles. The van der Waals surface area contributed by atoms with Gasteiger partial charge in [-0.3, -0.25) is 0 Å². The summed E-state index contributed by atoms with van der Waals surface area (Å²) in [5.74, 6) is 2.11. The van der Waals surface area contributed by atoms with Gasteiger partial charge in [-0.1, -0.05) is 66.2 Å². The van der Waals surface area contributed by atoms with E-state index in [-0.39, 0.29) is 6.04 Å². The number of aromatic nitrogens is 4. The molecule has 24 heavy (non-hydrogen) atoms. The number of halogens is 2. The highest BCUT2D eigenvalue weighted by Crippen LogP contribution is 2.31. The van der Waals surface area contributed by atoms with Crippen molar-refractivity contribution in [3.05, 3.63) is 39.6 Å². The summed E-state index contributed by atoms with van der Waals surface area (Å²) in [5, 5.41) is 14.4. The van der Waals surface area contributed by atoms with Crippen molar-refractivity contribution < 1.29 is 5.73 Å². The molecule has 0 unspecified atom stereocenters. The van der Waals surface area contributed by atoms with E-state index in [9.17, 15) is 0 Å². The van der Waals surface area contributed by atoms with Gasteiger partial charge in [-0.25, -0.2) is 0 Å². The van der Waals surface area contributed by atoms with Crippen LogP contribution >= 0.6 is 46.3 Å². The standard InChI is InChI=1S/C15H17Cl2N5S2/c1-8(2)5-12(18)13-19-20-14-22(13)21-15(24-14)23-7-9-3-4-10(16)6-11(9)17/h3-4,6,8,12H,5,7,18H2,1-2H3/p+1/t12-/m0/s1. The van der Waals surface area contributed by atoms with Crippen LogP contribution in [0.15, 0.2) is 22.5 Å². The Balaban J connectivity index is 1.75. The molecule has 2 heterocycles. The molecule has 3 aromatic rings. The van der Waals surface area contributed by atoms with Crippen molar-refractivity contribution in [2.75, 3.05) is 0 Å². The molecule has 128 valence electrons. The molecule has 0 amide bonds. The van der Waals surface area contributed by atoms with E-state index in [2.05, 4.69) is 34.9 Å². The number of hydrogen-bond donors (Lipinski definition) is 1.